The predicted molar refractivity (Wildman–Crippen MR) is 77.3 cm³/mol. The molecular weight excluding hydrogens is 226 g/mol. The van der Waals surface area contributed by atoms with E-state index < -0.39 is 0 Å². The van der Waals surface area contributed by atoms with Gasteiger partial charge < -0.3 is 5.73 Å². The Morgan fingerprint density at radius 2 is 1.76 bits per heavy atom. The lowest BCUT2D eigenvalue weighted by atomic mass is 10.0. The van der Waals surface area contributed by atoms with Crippen LogP contribution in [0, 0.1) is 0 Å². The van der Waals surface area contributed by atoms with Crippen LogP contribution in [-0.2, 0) is 0 Å². The molecule has 1 aliphatic carbocycles. The Hall–Kier alpha value is -0.470. The second-order valence-electron chi connectivity index (χ2n) is 5.09. The number of benzene rings is 1. The van der Waals surface area contributed by atoms with Crippen molar-refractivity contribution in [2.24, 2.45) is 5.73 Å². The molecule has 1 nitrogen and oxygen atoms in total. The molecule has 1 fully saturated rings. The lowest BCUT2D eigenvalue weighted by Gasteiger charge is -2.28. The number of thioether (sulfide) groups is 1. The molecule has 1 aliphatic rings. The summed E-state index contributed by atoms with van der Waals surface area (Å²) in [6, 6.07) is 11.0. The SMILES string of the molecule is C[C@H](N)[C@H](SC1CCCCC1)c1ccccc1. The quantitative estimate of drug-likeness (QED) is 0.868. The van der Waals surface area contributed by atoms with Gasteiger partial charge in [-0.15, -0.1) is 11.8 Å². The second-order valence-corrected chi connectivity index (χ2v) is 6.53. The summed E-state index contributed by atoms with van der Waals surface area (Å²) in [4.78, 5) is 0. The van der Waals surface area contributed by atoms with Crippen LogP contribution in [0.5, 0.6) is 0 Å². The highest BCUT2D eigenvalue weighted by molar-refractivity contribution is 8.00. The maximum Gasteiger partial charge on any atom is 0.0448 e. The first kappa shape index (κ1) is 13.0. The lowest BCUT2D eigenvalue weighted by molar-refractivity contribution is 0.513. The Labute approximate surface area is 109 Å². The molecule has 2 heteroatoms. The van der Waals surface area contributed by atoms with Crippen LogP contribution in [0.4, 0.5) is 0 Å². The molecule has 0 heterocycles. The molecule has 17 heavy (non-hydrogen) atoms. The molecule has 0 radical (unpaired) electrons. The molecule has 94 valence electrons. The Bertz CT molecular complexity index is 317. The van der Waals surface area contributed by atoms with Gasteiger partial charge in [-0.2, -0.15) is 0 Å². The van der Waals surface area contributed by atoms with Crippen molar-refractivity contribution in [2.45, 2.75) is 55.6 Å². The van der Waals surface area contributed by atoms with Crippen molar-refractivity contribution in [3.8, 4) is 0 Å². The minimum absolute atomic E-state index is 0.226. The Morgan fingerprint density at radius 1 is 1.12 bits per heavy atom. The van der Waals surface area contributed by atoms with Crippen LogP contribution < -0.4 is 5.73 Å². The van der Waals surface area contributed by atoms with Gasteiger partial charge >= 0.3 is 0 Å². The summed E-state index contributed by atoms with van der Waals surface area (Å²) < 4.78 is 0. The molecule has 1 aromatic rings. The van der Waals surface area contributed by atoms with Crippen LogP contribution in [0.15, 0.2) is 30.3 Å². The third kappa shape index (κ3) is 3.75. The van der Waals surface area contributed by atoms with Gasteiger partial charge in [0.2, 0.25) is 0 Å². The third-order valence-corrected chi connectivity index (χ3v) is 5.35. The van der Waals surface area contributed by atoms with Gasteiger partial charge in [-0.1, -0.05) is 49.6 Å². The number of hydrogen-bond acceptors (Lipinski definition) is 2. The molecule has 0 aliphatic heterocycles. The van der Waals surface area contributed by atoms with Gasteiger partial charge in [0, 0.05) is 16.5 Å². The second kappa shape index (κ2) is 6.46. The van der Waals surface area contributed by atoms with Gasteiger partial charge in [0.05, 0.1) is 0 Å². The Morgan fingerprint density at radius 3 is 2.35 bits per heavy atom. The van der Waals surface area contributed by atoms with Crippen molar-refractivity contribution in [3.05, 3.63) is 35.9 Å². The zero-order valence-electron chi connectivity index (χ0n) is 10.6. The van der Waals surface area contributed by atoms with Gasteiger partial charge in [-0.25, -0.2) is 0 Å². The lowest BCUT2D eigenvalue weighted by Crippen LogP contribution is -2.25. The van der Waals surface area contributed by atoms with E-state index in [0.717, 1.165) is 5.25 Å². The summed E-state index contributed by atoms with van der Waals surface area (Å²) in [6.45, 7) is 2.13. The van der Waals surface area contributed by atoms with E-state index in [0.29, 0.717) is 5.25 Å². The molecule has 0 saturated heterocycles. The van der Waals surface area contributed by atoms with Crippen LogP contribution in [-0.4, -0.2) is 11.3 Å². The van der Waals surface area contributed by atoms with E-state index in [1.54, 1.807) is 0 Å². The summed E-state index contributed by atoms with van der Waals surface area (Å²) in [5.74, 6) is 0. The largest absolute Gasteiger partial charge is 0.327 e. The molecule has 1 saturated carbocycles. The summed E-state index contributed by atoms with van der Waals surface area (Å²) in [5.41, 5.74) is 7.55. The number of rotatable bonds is 4. The van der Waals surface area contributed by atoms with Gasteiger partial charge in [-0.3, -0.25) is 0 Å². The molecule has 1 aromatic carbocycles. The average molecular weight is 249 g/mol. The normalized spacial score (nSPS) is 21.1. The van der Waals surface area contributed by atoms with E-state index in [9.17, 15) is 0 Å². The standard InChI is InChI=1S/C15H23NS/c1-12(16)15(13-8-4-2-5-9-13)17-14-10-6-3-7-11-14/h2,4-5,8-9,12,14-15H,3,6-7,10-11,16H2,1H3/t12-,15-/m0/s1. The monoisotopic (exact) mass is 249 g/mol. The first-order valence-corrected chi connectivity index (χ1v) is 7.67. The van der Waals surface area contributed by atoms with Crippen LogP contribution in [0.3, 0.4) is 0 Å². The molecule has 2 rings (SSSR count). The predicted octanol–water partition coefficient (Wildman–Crippen LogP) is 4.14. The Kier molecular flexibility index (Phi) is 4.93. The summed E-state index contributed by atoms with van der Waals surface area (Å²) in [6.07, 6.45) is 6.98. The maximum absolute atomic E-state index is 6.17. The summed E-state index contributed by atoms with van der Waals surface area (Å²) in [5, 5.41) is 1.28. The van der Waals surface area contributed by atoms with Gasteiger partial charge in [0.15, 0.2) is 0 Å². The molecule has 0 amide bonds. The fourth-order valence-corrected chi connectivity index (χ4v) is 4.14. The maximum atomic E-state index is 6.17. The topological polar surface area (TPSA) is 26.0 Å². The highest BCUT2D eigenvalue weighted by Crippen LogP contribution is 2.39. The van der Waals surface area contributed by atoms with Crippen LogP contribution in [0.2, 0.25) is 0 Å². The van der Waals surface area contributed by atoms with Gasteiger partial charge in [-0.05, 0) is 25.3 Å². The molecule has 0 bridgehead atoms. The van der Waals surface area contributed by atoms with Crippen molar-refractivity contribution in [1.82, 2.24) is 0 Å². The molecule has 0 spiro atoms. The van der Waals surface area contributed by atoms with Crippen LogP contribution in [0.25, 0.3) is 0 Å². The Balaban J connectivity index is 2.02. The highest BCUT2D eigenvalue weighted by Gasteiger charge is 2.23. The van der Waals surface area contributed by atoms with Crippen LogP contribution >= 0.6 is 11.8 Å². The highest BCUT2D eigenvalue weighted by atomic mass is 32.2. The van der Waals surface area contributed by atoms with Crippen molar-refractivity contribution >= 4 is 11.8 Å². The van der Waals surface area contributed by atoms with Gasteiger partial charge in [0.1, 0.15) is 0 Å². The van der Waals surface area contributed by atoms with Crippen molar-refractivity contribution in [1.29, 1.82) is 0 Å². The minimum atomic E-state index is 0.226. The minimum Gasteiger partial charge on any atom is -0.327 e. The average Bonchev–Trinajstić information content (AvgIpc) is 2.38. The number of hydrogen-bond donors (Lipinski definition) is 1. The molecule has 0 aromatic heterocycles. The van der Waals surface area contributed by atoms with Crippen molar-refractivity contribution in [3.63, 3.8) is 0 Å². The van der Waals surface area contributed by atoms with Crippen molar-refractivity contribution < 1.29 is 0 Å². The van der Waals surface area contributed by atoms with Crippen LogP contribution in [0.1, 0.15) is 49.8 Å². The third-order valence-electron chi connectivity index (χ3n) is 3.50. The summed E-state index contributed by atoms with van der Waals surface area (Å²) >= 11 is 2.10. The van der Waals surface area contributed by atoms with E-state index in [1.165, 1.54) is 37.7 Å². The molecule has 2 atom stereocenters. The van der Waals surface area contributed by atoms with E-state index in [-0.39, 0.29) is 6.04 Å². The first-order chi connectivity index (χ1) is 8.27. The van der Waals surface area contributed by atoms with Crippen molar-refractivity contribution in [2.75, 3.05) is 0 Å². The van der Waals surface area contributed by atoms with Gasteiger partial charge in [0.25, 0.3) is 0 Å². The fraction of sp³-hybridized carbons (Fsp3) is 0.600. The molecular formula is C15H23NS. The zero-order chi connectivity index (χ0) is 12.1. The molecule has 2 N–H and O–H groups in total. The smallest absolute Gasteiger partial charge is 0.0448 e. The fourth-order valence-electron chi connectivity index (χ4n) is 2.56. The van der Waals surface area contributed by atoms with E-state index >= 15 is 0 Å². The summed E-state index contributed by atoms with van der Waals surface area (Å²) in [7, 11) is 0. The zero-order valence-corrected chi connectivity index (χ0v) is 11.5. The first-order valence-electron chi connectivity index (χ1n) is 6.73. The number of nitrogens with two attached hydrogens (primary N) is 1. The van der Waals surface area contributed by atoms with E-state index in [1.807, 2.05) is 0 Å². The van der Waals surface area contributed by atoms with E-state index in [2.05, 4.69) is 49.0 Å². The molecule has 0 unspecified atom stereocenters. The van der Waals surface area contributed by atoms with E-state index in [4.69, 9.17) is 5.73 Å².